The van der Waals surface area contributed by atoms with Crippen molar-refractivity contribution in [2.24, 2.45) is 0 Å². The highest BCUT2D eigenvalue weighted by Crippen LogP contribution is 2.27. The molecular weight excluding hydrogens is 506 g/mol. The van der Waals surface area contributed by atoms with Crippen LogP contribution in [0.4, 0.5) is 5.69 Å². The average molecular weight is 539 g/mol. The van der Waals surface area contributed by atoms with Crippen molar-refractivity contribution in [1.82, 2.24) is 10.2 Å². The zero-order valence-corrected chi connectivity index (χ0v) is 22.2. The summed E-state index contributed by atoms with van der Waals surface area (Å²) in [5.74, 6) is -0.731. The summed E-state index contributed by atoms with van der Waals surface area (Å²) in [5.41, 5.74) is 2.82. The zero-order valence-electron chi connectivity index (χ0n) is 19.8. The van der Waals surface area contributed by atoms with Gasteiger partial charge in [0.15, 0.2) is 0 Å². The average Bonchev–Trinajstić information content (AvgIpc) is 2.74. The van der Waals surface area contributed by atoms with Crippen LogP contribution in [-0.2, 0) is 26.2 Å². The van der Waals surface area contributed by atoms with Gasteiger partial charge in [0, 0.05) is 17.6 Å². The highest BCUT2D eigenvalue weighted by molar-refractivity contribution is 9.10. The number of sulfonamides is 1. The van der Waals surface area contributed by atoms with Gasteiger partial charge in [0.1, 0.15) is 12.6 Å². The maximum Gasteiger partial charge on any atom is 0.244 e. The second-order valence-corrected chi connectivity index (χ2v) is 10.9. The molecule has 2 aromatic rings. The van der Waals surface area contributed by atoms with Crippen LogP contribution in [-0.4, -0.2) is 50.5 Å². The molecule has 0 aliphatic carbocycles. The normalized spacial score (nSPS) is 12.2. The van der Waals surface area contributed by atoms with Crippen LogP contribution in [0.3, 0.4) is 0 Å². The predicted octanol–water partition coefficient (Wildman–Crippen LogP) is 3.78. The molecule has 0 saturated heterocycles. The topological polar surface area (TPSA) is 86.8 Å². The first-order valence-electron chi connectivity index (χ1n) is 10.8. The molecule has 0 radical (unpaired) electrons. The summed E-state index contributed by atoms with van der Waals surface area (Å²) in [6.45, 7) is 7.51. The lowest BCUT2D eigenvalue weighted by molar-refractivity contribution is -0.139. The van der Waals surface area contributed by atoms with Crippen molar-refractivity contribution >= 4 is 43.5 Å². The van der Waals surface area contributed by atoms with Gasteiger partial charge in [-0.05, 0) is 56.0 Å². The number of carbonyl (C=O) groups is 2. The highest BCUT2D eigenvalue weighted by Gasteiger charge is 2.31. The van der Waals surface area contributed by atoms with Crippen molar-refractivity contribution in [3.8, 4) is 0 Å². The minimum atomic E-state index is -3.75. The first kappa shape index (κ1) is 26.9. The molecule has 180 valence electrons. The van der Waals surface area contributed by atoms with E-state index in [1.165, 1.54) is 4.90 Å². The van der Waals surface area contributed by atoms with Crippen LogP contribution in [0.25, 0.3) is 0 Å². The zero-order chi connectivity index (χ0) is 24.8. The van der Waals surface area contributed by atoms with E-state index in [-0.39, 0.29) is 12.5 Å². The number of rotatable bonds is 10. The molecule has 0 saturated carbocycles. The third kappa shape index (κ3) is 7.30. The molecule has 9 heteroatoms. The minimum absolute atomic E-state index is 0.178. The summed E-state index contributed by atoms with van der Waals surface area (Å²) in [6.07, 6.45) is 1.86. The fourth-order valence-electron chi connectivity index (χ4n) is 3.54. The van der Waals surface area contributed by atoms with Crippen LogP contribution < -0.4 is 9.62 Å². The van der Waals surface area contributed by atoms with E-state index in [4.69, 9.17) is 0 Å². The molecular formula is C24H32BrN3O4S. The summed E-state index contributed by atoms with van der Waals surface area (Å²) >= 11 is 3.40. The molecule has 0 heterocycles. The minimum Gasteiger partial charge on any atom is -0.354 e. The standard InChI is InChI=1S/C24H32BrN3O4S/c1-6-14-26-24(30)19(4)27(15-20-10-12-21(25)13-11-20)22(29)16-28(33(5,31)32)23-17(2)8-7-9-18(23)3/h7-13,19H,6,14-16H2,1-5H3,(H,26,30)/t19-/m0/s1. The number of carbonyl (C=O) groups excluding carboxylic acids is 2. The Hall–Kier alpha value is -2.39. The molecule has 1 atom stereocenters. The van der Waals surface area contributed by atoms with E-state index in [0.29, 0.717) is 12.2 Å². The first-order valence-corrected chi connectivity index (χ1v) is 13.4. The van der Waals surface area contributed by atoms with Crippen LogP contribution in [0.1, 0.15) is 37.0 Å². The van der Waals surface area contributed by atoms with Crippen LogP contribution in [0, 0.1) is 13.8 Å². The number of para-hydroxylation sites is 1. The van der Waals surface area contributed by atoms with Gasteiger partial charge in [-0.1, -0.05) is 53.2 Å². The second-order valence-electron chi connectivity index (χ2n) is 8.13. The number of aryl methyl sites for hydroxylation is 2. The van der Waals surface area contributed by atoms with Gasteiger partial charge in [-0.25, -0.2) is 8.42 Å². The van der Waals surface area contributed by atoms with Gasteiger partial charge < -0.3 is 10.2 Å². The summed E-state index contributed by atoms with van der Waals surface area (Å²) in [6, 6.07) is 12.1. The fraction of sp³-hybridized carbons (Fsp3) is 0.417. The highest BCUT2D eigenvalue weighted by atomic mass is 79.9. The number of anilines is 1. The Morgan fingerprint density at radius 2 is 1.64 bits per heavy atom. The molecule has 0 aliphatic rings. The maximum atomic E-state index is 13.5. The molecule has 2 amide bonds. The second kappa shape index (κ2) is 11.7. The van der Waals surface area contributed by atoms with E-state index in [9.17, 15) is 18.0 Å². The lowest BCUT2D eigenvalue weighted by Gasteiger charge is -2.32. The van der Waals surface area contributed by atoms with Crippen LogP contribution in [0.5, 0.6) is 0 Å². The van der Waals surface area contributed by atoms with E-state index < -0.39 is 28.5 Å². The third-order valence-electron chi connectivity index (χ3n) is 5.35. The van der Waals surface area contributed by atoms with E-state index in [1.54, 1.807) is 6.92 Å². The quantitative estimate of drug-likeness (QED) is 0.499. The molecule has 0 unspecified atom stereocenters. The predicted molar refractivity (Wildman–Crippen MR) is 136 cm³/mol. The molecule has 0 aliphatic heterocycles. The Labute approximate surface area is 205 Å². The Balaban J connectivity index is 2.42. The number of halogens is 1. The molecule has 7 nitrogen and oxygen atoms in total. The molecule has 0 bridgehead atoms. The van der Waals surface area contributed by atoms with E-state index >= 15 is 0 Å². The van der Waals surface area contributed by atoms with Crippen LogP contribution >= 0.6 is 15.9 Å². The lowest BCUT2D eigenvalue weighted by Crippen LogP contribution is -2.51. The van der Waals surface area contributed by atoms with Gasteiger partial charge in [-0.2, -0.15) is 0 Å². The Bertz CT molecular complexity index is 1070. The summed E-state index contributed by atoms with van der Waals surface area (Å²) in [7, 11) is -3.75. The van der Waals surface area contributed by atoms with Gasteiger partial charge in [-0.3, -0.25) is 13.9 Å². The van der Waals surface area contributed by atoms with Gasteiger partial charge >= 0.3 is 0 Å². The Morgan fingerprint density at radius 3 is 2.15 bits per heavy atom. The summed E-state index contributed by atoms with van der Waals surface area (Å²) in [5, 5.41) is 2.82. The van der Waals surface area contributed by atoms with Crippen molar-refractivity contribution in [2.45, 2.75) is 46.7 Å². The maximum absolute atomic E-state index is 13.5. The SMILES string of the molecule is CCCNC(=O)[C@H](C)N(Cc1ccc(Br)cc1)C(=O)CN(c1c(C)cccc1C)S(C)(=O)=O. The number of amides is 2. The Kier molecular flexibility index (Phi) is 9.48. The first-order chi connectivity index (χ1) is 15.5. The molecule has 2 rings (SSSR count). The van der Waals surface area contributed by atoms with Crippen molar-refractivity contribution < 1.29 is 18.0 Å². The lowest BCUT2D eigenvalue weighted by atomic mass is 10.1. The molecule has 1 N–H and O–H groups in total. The van der Waals surface area contributed by atoms with Crippen molar-refractivity contribution in [3.63, 3.8) is 0 Å². The summed E-state index contributed by atoms with van der Waals surface area (Å²) in [4.78, 5) is 27.7. The largest absolute Gasteiger partial charge is 0.354 e. The van der Waals surface area contributed by atoms with Crippen LogP contribution in [0.15, 0.2) is 46.9 Å². The summed E-state index contributed by atoms with van der Waals surface area (Å²) < 4.78 is 27.4. The van der Waals surface area contributed by atoms with Crippen molar-refractivity contribution in [3.05, 3.63) is 63.6 Å². The number of nitrogens with one attached hydrogen (secondary N) is 1. The van der Waals surface area contributed by atoms with E-state index in [0.717, 1.165) is 38.1 Å². The number of benzene rings is 2. The third-order valence-corrected chi connectivity index (χ3v) is 6.99. The Morgan fingerprint density at radius 1 is 1.06 bits per heavy atom. The monoisotopic (exact) mass is 537 g/mol. The van der Waals surface area contributed by atoms with Crippen molar-refractivity contribution in [2.75, 3.05) is 23.7 Å². The van der Waals surface area contributed by atoms with Crippen LogP contribution in [0.2, 0.25) is 0 Å². The molecule has 0 fully saturated rings. The molecule has 33 heavy (non-hydrogen) atoms. The number of nitrogens with zero attached hydrogens (tertiary/aromatic N) is 2. The van der Waals surface area contributed by atoms with Crippen molar-refractivity contribution in [1.29, 1.82) is 0 Å². The number of hydrogen-bond acceptors (Lipinski definition) is 4. The van der Waals surface area contributed by atoms with Gasteiger partial charge in [0.05, 0.1) is 11.9 Å². The fourth-order valence-corrected chi connectivity index (χ4v) is 4.77. The molecule has 0 spiro atoms. The van der Waals surface area contributed by atoms with E-state index in [1.807, 2.05) is 63.2 Å². The number of hydrogen-bond donors (Lipinski definition) is 1. The van der Waals surface area contributed by atoms with E-state index in [2.05, 4.69) is 21.2 Å². The van der Waals surface area contributed by atoms with Gasteiger partial charge in [0.25, 0.3) is 0 Å². The molecule has 2 aromatic carbocycles. The van der Waals surface area contributed by atoms with Gasteiger partial charge in [0.2, 0.25) is 21.8 Å². The smallest absolute Gasteiger partial charge is 0.244 e. The molecule has 0 aromatic heterocycles. The van der Waals surface area contributed by atoms with Gasteiger partial charge in [-0.15, -0.1) is 0 Å².